The molecule has 156 valence electrons. The summed E-state index contributed by atoms with van der Waals surface area (Å²) in [5.41, 5.74) is 1.71. The summed E-state index contributed by atoms with van der Waals surface area (Å²) in [5.74, 6) is -2.04. The van der Waals surface area contributed by atoms with E-state index in [0.717, 1.165) is 33.8 Å². The average molecular weight is 425 g/mol. The molecule has 1 amide bonds. The number of anilines is 1. The van der Waals surface area contributed by atoms with Crippen molar-refractivity contribution in [1.82, 2.24) is 9.97 Å². The fourth-order valence-corrected chi connectivity index (χ4v) is 3.10. The lowest BCUT2D eigenvalue weighted by Gasteiger charge is -2.10. The molecule has 2 heterocycles. The smallest absolute Gasteiger partial charge is 0.346 e. The van der Waals surface area contributed by atoms with Gasteiger partial charge in [-0.2, -0.15) is 13.2 Å². The molecule has 0 saturated heterocycles. The predicted octanol–water partition coefficient (Wildman–Crippen LogP) is 6.04. The van der Waals surface area contributed by atoms with Crippen molar-refractivity contribution in [3.8, 4) is 11.1 Å². The number of amides is 1. The van der Waals surface area contributed by atoms with Crippen molar-refractivity contribution in [1.29, 1.82) is 0 Å². The molecule has 2 aromatic carbocycles. The fraction of sp³-hybridized carbons (Fsp3) is 0.0435. The summed E-state index contributed by atoms with van der Waals surface area (Å²) in [5, 5.41) is 3.28. The van der Waals surface area contributed by atoms with Gasteiger partial charge in [0.15, 0.2) is 0 Å². The maximum absolute atomic E-state index is 13.4. The van der Waals surface area contributed by atoms with E-state index < -0.39 is 23.5 Å². The molecule has 2 aromatic heterocycles. The third-order valence-corrected chi connectivity index (χ3v) is 4.59. The number of aromatic amines is 1. The lowest BCUT2D eigenvalue weighted by atomic mass is 10.0. The third-order valence-electron chi connectivity index (χ3n) is 4.59. The second-order valence-corrected chi connectivity index (χ2v) is 6.78. The normalized spacial score (nSPS) is 11.9. The quantitative estimate of drug-likeness (QED) is 0.309. The van der Waals surface area contributed by atoms with E-state index in [1.54, 1.807) is 18.5 Å². The highest BCUT2D eigenvalue weighted by atomic mass is 19.4. The van der Waals surface area contributed by atoms with Gasteiger partial charge >= 0.3 is 6.18 Å². The lowest BCUT2D eigenvalue weighted by Crippen LogP contribution is -2.12. The van der Waals surface area contributed by atoms with Gasteiger partial charge < -0.3 is 10.3 Å². The minimum Gasteiger partial charge on any atom is -0.346 e. The van der Waals surface area contributed by atoms with E-state index in [9.17, 15) is 22.4 Å². The average Bonchev–Trinajstić information content (AvgIpc) is 3.21. The van der Waals surface area contributed by atoms with Crippen molar-refractivity contribution >= 4 is 28.7 Å². The monoisotopic (exact) mass is 425 g/mol. The van der Waals surface area contributed by atoms with Crippen LogP contribution in [-0.4, -0.2) is 15.9 Å². The Bertz CT molecular complexity index is 1290. The number of nitrogens with one attached hydrogen (secondary N) is 2. The van der Waals surface area contributed by atoms with E-state index in [4.69, 9.17) is 0 Å². The van der Waals surface area contributed by atoms with Crippen molar-refractivity contribution in [3.63, 3.8) is 0 Å². The van der Waals surface area contributed by atoms with Gasteiger partial charge in [-0.05, 0) is 53.6 Å². The van der Waals surface area contributed by atoms with E-state index in [2.05, 4.69) is 15.3 Å². The van der Waals surface area contributed by atoms with E-state index in [-0.39, 0.29) is 5.69 Å². The Balaban J connectivity index is 1.50. The first kappa shape index (κ1) is 20.3. The van der Waals surface area contributed by atoms with Crippen molar-refractivity contribution in [2.75, 3.05) is 5.32 Å². The summed E-state index contributed by atoms with van der Waals surface area (Å²) in [4.78, 5) is 19.5. The minimum atomic E-state index is -4.85. The number of hydrogen-bond donors (Lipinski definition) is 2. The zero-order valence-corrected chi connectivity index (χ0v) is 15.9. The van der Waals surface area contributed by atoms with Crippen LogP contribution in [0.25, 0.3) is 28.2 Å². The summed E-state index contributed by atoms with van der Waals surface area (Å²) in [6, 6.07) is 13.6. The van der Waals surface area contributed by atoms with Gasteiger partial charge in [0.1, 0.15) is 11.5 Å². The minimum absolute atomic E-state index is 0.150. The molecular formula is C23H15F4N3O. The molecule has 31 heavy (non-hydrogen) atoms. The number of rotatable bonds is 4. The van der Waals surface area contributed by atoms with Crippen LogP contribution in [0.2, 0.25) is 0 Å². The van der Waals surface area contributed by atoms with Gasteiger partial charge in [-0.1, -0.05) is 18.2 Å². The molecular weight excluding hydrogens is 410 g/mol. The van der Waals surface area contributed by atoms with E-state index >= 15 is 0 Å². The highest BCUT2D eigenvalue weighted by Crippen LogP contribution is 2.33. The Morgan fingerprint density at radius 2 is 1.87 bits per heavy atom. The Hall–Kier alpha value is -3.94. The molecule has 0 saturated carbocycles. The number of H-pyrrole nitrogens is 1. The van der Waals surface area contributed by atoms with Gasteiger partial charge in [-0.3, -0.25) is 4.79 Å². The summed E-state index contributed by atoms with van der Waals surface area (Å²) >= 11 is 0. The van der Waals surface area contributed by atoms with Crippen LogP contribution in [0.15, 0.2) is 73.1 Å². The molecule has 0 aliphatic rings. The van der Waals surface area contributed by atoms with Crippen LogP contribution >= 0.6 is 0 Å². The lowest BCUT2D eigenvalue weighted by molar-refractivity contribution is -0.140. The second kappa shape index (κ2) is 8.06. The summed E-state index contributed by atoms with van der Waals surface area (Å²) in [7, 11) is 0. The number of carbonyl (C=O) groups excluding carboxylic acids is 1. The number of hydrogen-bond acceptors (Lipinski definition) is 2. The summed E-state index contributed by atoms with van der Waals surface area (Å²) < 4.78 is 51.8. The van der Waals surface area contributed by atoms with Crippen molar-refractivity contribution < 1.29 is 22.4 Å². The number of carbonyl (C=O) groups is 1. The van der Waals surface area contributed by atoms with Crippen LogP contribution in [0, 0.1) is 5.82 Å². The van der Waals surface area contributed by atoms with Crippen LogP contribution in [0.5, 0.6) is 0 Å². The molecule has 4 nitrogen and oxygen atoms in total. The Labute approximate surface area is 174 Å². The molecule has 0 atom stereocenters. The van der Waals surface area contributed by atoms with Gasteiger partial charge in [0, 0.05) is 35.1 Å². The zero-order chi connectivity index (χ0) is 22.0. The van der Waals surface area contributed by atoms with E-state index in [1.165, 1.54) is 12.2 Å². The number of aromatic nitrogens is 2. The van der Waals surface area contributed by atoms with Gasteiger partial charge in [0.25, 0.3) is 0 Å². The van der Waals surface area contributed by atoms with Crippen molar-refractivity contribution in [3.05, 3.63) is 90.0 Å². The van der Waals surface area contributed by atoms with Crippen LogP contribution in [0.3, 0.4) is 0 Å². The molecule has 8 heteroatoms. The van der Waals surface area contributed by atoms with Crippen LogP contribution in [-0.2, 0) is 11.0 Å². The first-order valence-corrected chi connectivity index (χ1v) is 9.19. The SMILES string of the molecule is O=C(C=Cc1cccc(-c2cnc3[nH]ccc3c2)c1)Nc1ccc(F)c(C(F)(F)F)c1. The fourth-order valence-electron chi connectivity index (χ4n) is 3.10. The van der Waals surface area contributed by atoms with Crippen LogP contribution in [0.4, 0.5) is 23.2 Å². The highest BCUT2D eigenvalue weighted by Gasteiger charge is 2.34. The third kappa shape index (κ3) is 4.63. The molecule has 0 aliphatic heterocycles. The Kier molecular flexibility index (Phi) is 5.29. The first-order chi connectivity index (χ1) is 14.8. The summed E-state index contributed by atoms with van der Waals surface area (Å²) in [6.45, 7) is 0. The standard InChI is InChI=1S/C23H15F4N3O/c24-20-6-5-18(12-19(20)23(25,26)27)30-21(31)7-4-14-2-1-3-15(10-14)17-11-16-8-9-28-22(16)29-13-17/h1-13H,(H,28,29)(H,30,31). The molecule has 0 radical (unpaired) electrons. The molecule has 0 bridgehead atoms. The number of benzene rings is 2. The van der Waals surface area contributed by atoms with Crippen LogP contribution in [0.1, 0.15) is 11.1 Å². The summed E-state index contributed by atoms with van der Waals surface area (Å²) in [6.07, 6.45) is 1.43. The molecule has 0 spiro atoms. The maximum Gasteiger partial charge on any atom is 0.419 e. The zero-order valence-electron chi connectivity index (χ0n) is 15.9. The first-order valence-electron chi connectivity index (χ1n) is 9.19. The number of fused-ring (bicyclic) bond motifs is 1. The van der Waals surface area contributed by atoms with E-state index in [0.29, 0.717) is 12.1 Å². The van der Waals surface area contributed by atoms with Gasteiger partial charge in [-0.25, -0.2) is 9.37 Å². The number of halogens is 4. The number of nitrogens with zero attached hydrogens (tertiary/aromatic N) is 1. The largest absolute Gasteiger partial charge is 0.419 e. The molecule has 0 unspecified atom stereocenters. The maximum atomic E-state index is 13.4. The van der Waals surface area contributed by atoms with Gasteiger partial charge in [0.05, 0.1) is 5.56 Å². The molecule has 4 rings (SSSR count). The van der Waals surface area contributed by atoms with E-state index in [1.807, 2.05) is 30.3 Å². The van der Waals surface area contributed by atoms with Crippen molar-refractivity contribution in [2.45, 2.75) is 6.18 Å². The Morgan fingerprint density at radius 1 is 1.03 bits per heavy atom. The molecule has 2 N–H and O–H groups in total. The van der Waals surface area contributed by atoms with Gasteiger partial charge in [-0.15, -0.1) is 0 Å². The van der Waals surface area contributed by atoms with Gasteiger partial charge in [0.2, 0.25) is 5.91 Å². The van der Waals surface area contributed by atoms with Crippen molar-refractivity contribution in [2.24, 2.45) is 0 Å². The predicted molar refractivity (Wildman–Crippen MR) is 111 cm³/mol. The number of pyridine rings is 1. The van der Waals surface area contributed by atoms with Crippen LogP contribution < -0.4 is 5.32 Å². The topological polar surface area (TPSA) is 57.8 Å². The number of alkyl halides is 3. The molecule has 4 aromatic rings. The Morgan fingerprint density at radius 3 is 2.68 bits per heavy atom. The molecule has 0 fully saturated rings. The second-order valence-electron chi connectivity index (χ2n) is 6.78. The molecule has 0 aliphatic carbocycles. The highest BCUT2D eigenvalue weighted by molar-refractivity contribution is 6.02.